The Morgan fingerprint density at radius 2 is 2.00 bits per heavy atom. The van der Waals surface area contributed by atoms with Crippen LogP contribution in [0.5, 0.6) is 0 Å². The molecule has 0 aromatic rings. The molecule has 172 valence electrons. The fraction of sp³-hybridized carbons (Fsp3) is 0.524. The molecule has 0 radical (unpaired) electrons. The lowest BCUT2D eigenvalue weighted by Gasteiger charge is -2.27. The zero-order valence-electron chi connectivity index (χ0n) is 18.5. The molecule has 1 heterocycles. The van der Waals surface area contributed by atoms with Crippen molar-refractivity contribution in [1.29, 1.82) is 0 Å². The van der Waals surface area contributed by atoms with Crippen LogP contribution in [0.3, 0.4) is 0 Å². The summed E-state index contributed by atoms with van der Waals surface area (Å²) in [5.74, 6) is -0.640. The summed E-state index contributed by atoms with van der Waals surface area (Å²) in [5, 5.41) is 24.9. The van der Waals surface area contributed by atoms with E-state index in [4.69, 9.17) is 11.5 Å². The second-order valence-electron chi connectivity index (χ2n) is 7.86. The Bertz CT molecular complexity index is 723. The molecule has 0 aliphatic carbocycles. The van der Waals surface area contributed by atoms with Crippen LogP contribution in [0.15, 0.2) is 48.3 Å². The molecule has 1 aliphatic heterocycles. The van der Waals surface area contributed by atoms with Gasteiger partial charge in [-0.1, -0.05) is 19.2 Å². The lowest BCUT2D eigenvalue weighted by Crippen LogP contribution is -2.43. The number of hydrogen-bond acceptors (Lipinski definition) is 7. The second kappa shape index (κ2) is 13.0. The Balaban J connectivity index is 2.77. The topological polar surface area (TPSA) is 154 Å². The number of nitrogens with zero attached hydrogens (tertiary/aromatic N) is 1. The Morgan fingerprint density at radius 3 is 2.58 bits per heavy atom. The number of nitrogens with one attached hydrogen (secondary N) is 2. The number of primary amides is 1. The van der Waals surface area contributed by atoms with Crippen LogP contribution in [-0.2, 0) is 9.59 Å². The van der Waals surface area contributed by atoms with Crippen molar-refractivity contribution >= 4 is 18.9 Å². The first-order valence-corrected chi connectivity index (χ1v) is 10.4. The molecule has 9 nitrogen and oxygen atoms in total. The number of rotatable bonds is 13. The van der Waals surface area contributed by atoms with E-state index in [1.165, 1.54) is 0 Å². The van der Waals surface area contributed by atoms with Crippen molar-refractivity contribution in [2.24, 2.45) is 11.5 Å². The molecule has 3 atom stereocenters. The highest BCUT2D eigenvalue weighted by Gasteiger charge is 2.37. The van der Waals surface area contributed by atoms with E-state index in [1.54, 1.807) is 12.2 Å². The van der Waals surface area contributed by atoms with Crippen LogP contribution in [0.4, 0.5) is 0 Å². The van der Waals surface area contributed by atoms with Gasteiger partial charge in [-0.15, -0.1) is 0 Å². The summed E-state index contributed by atoms with van der Waals surface area (Å²) in [7, 11) is -1.65. The lowest BCUT2D eigenvalue weighted by molar-refractivity contribution is -0.125. The van der Waals surface area contributed by atoms with Crippen molar-refractivity contribution in [3.8, 4) is 0 Å². The monoisotopic (exact) mass is 433 g/mol. The molecular weight excluding hydrogens is 397 g/mol. The third kappa shape index (κ3) is 9.00. The minimum atomic E-state index is -1.65. The summed E-state index contributed by atoms with van der Waals surface area (Å²) in [6, 6.07) is -1.04. The number of nitrogens with two attached hydrogens (primary N) is 2. The smallest absolute Gasteiger partial charge is 0.423 e. The van der Waals surface area contributed by atoms with Gasteiger partial charge in [0.1, 0.15) is 6.04 Å². The van der Waals surface area contributed by atoms with Gasteiger partial charge in [-0.2, -0.15) is 0 Å². The Hall–Kier alpha value is -2.56. The zero-order valence-corrected chi connectivity index (χ0v) is 18.5. The summed E-state index contributed by atoms with van der Waals surface area (Å²) >= 11 is 0. The van der Waals surface area contributed by atoms with Crippen LogP contribution < -0.4 is 22.1 Å². The largest absolute Gasteiger partial charge is 0.487 e. The first kappa shape index (κ1) is 26.5. The van der Waals surface area contributed by atoms with Crippen molar-refractivity contribution in [3.05, 3.63) is 48.3 Å². The maximum Gasteiger partial charge on any atom is 0.487 e. The molecule has 1 aliphatic rings. The maximum atomic E-state index is 12.9. The van der Waals surface area contributed by atoms with E-state index < -0.39 is 25.1 Å². The Morgan fingerprint density at radius 1 is 1.32 bits per heavy atom. The molecule has 2 unspecified atom stereocenters. The quantitative estimate of drug-likeness (QED) is 0.132. The fourth-order valence-corrected chi connectivity index (χ4v) is 3.51. The highest BCUT2D eigenvalue weighted by atomic mass is 16.4. The van der Waals surface area contributed by atoms with E-state index >= 15 is 0 Å². The van der Waals surface area contributed by atoms with Crippen LogP contribution >= 0.6 is 0 Å². The zero-order chi connectivity index (χ0) is 23.6. The van der Waals surface area contributed by atoms with Crippen LogP contribution in [0.2, 0.25) is 0 Å². The SMILES string of the molecule is C=C/C=C(\C)N[C@H]1CC(C(=O)NCCCCC(N)C(N)=O)N(/C(C)=C/C(=C)B(O)O)C1. The Labute approximate surface area is 185 Å². The van der Waals surface area contributed by atoms with E-state index in [0.717, 1.165) is 11.4 Å². The highest BCUT2D eigenvalue weighted by molar-refractivity contribution is 6.51. The molecule has 10 heteroatoms. The molecule has 31 heavy (non-hydrogen) atoms. The summed E-state index contributed by atoms with van der Waals surface area (Å²) in [6.07, 6.45) is 7.56. The van der Waals surface area contributed by atoms with Crippen LogP contribution in [-0.4, -0.2) is 65.1 Å². The highest BCUT2D eigenvalue weighted by Crippen LogP contribution is 2.24. The summed E-state index contributed by atoms with van der Waals surface area (Å²) < 4.78 is 0. The fourth-order valence-electron chi connectivity index (χ4n) is 3.51. The van der Waals surface area contributed by atoms with Crippen LogP contribution in [0, 0.1) is 0 Å². The third-order valence-electron chi connectivity index (χ3n) is 5.19. The van der Waals surface area contributed by atoms with Gasteiger partial charge in [0.15, 0.2) is 0 Å². The first-order chi connectivity index (χ1) is 14.6. The van der Waals surface area contributed by atoms with Gasteiger partial charge >= 0.3 is 7.12 Å². The molecule has 0 bridgehead atoms. The van der Waals surface area contributed by atoms with Gasteiger partial charge in [0.05, 0.1) is 6.04 Å². The molecule has 2 amide bonds. The number of carbonyl (C=O) groups is 2. The van der Waals surface area contributed by atoms with E-state index in [-0.39, 0.29) is 17.4 Å². The molecular formula is C21H36BN5O4. The number of unbranched alkanes of at least 4 members (excludes halogenated alkanes) is 1. The standard InChI is InChI=1S/C21H36BN5O4/c1-5-8-15(3)26-17-12-19(27(13-17)16(4)11-14(2)22(30)31)21(29)25-10-7-6-9-18(23)20(24)28/h5,8,11,17-19,26,30-31H,1-2,6-7,9-10,12-13,23H2,3-4H3,(H2,24,28)(H,25,29)/b15-8+,16-11+/t17-,18?,19?/m0/s1. The third-order valence-corrected chi connectivity index (χ3v) is 5.19. The van der Waals surface area contributed by atoms with E-state index in [9.17, 15) is 19.6 Å². The molecule has 1 saturated heterocycles. The first-order valence-electron chi connectivity index (χ1n) is 10.4. The average Bonchev–Trinajstić information content (AvgIpc) is 3.11. The van der Waals surface area contributed by atoms with Crippen molar-refractivity contribution in [1.82, 2.24) is 15.5 Å². The summed E-state index contributed by atoms with van der Waals surface area (Å²) in [4.78, 5) is 25.8. The molecule has 0 aromatic carbocycles. The van der Waals surface area contributed by atoms with Crippen molar-refractivity contribution in [3.63, 3.8) is 0 Å². The number of hydrogen-bond donors (Lipinski definition) is 6. The van der Waals surface area contributed by atoms with Gasteiger partial charge < -0.3 is 37.0 Å². The molecule has 0 saturated carbocycles. The number of likely N-dealkylation sites (tertiary alicyclic amines) is 1. The number of amides is 2. The number of allylic oxidation sites excluding steroid dienone is 6. The van der Waals surface area contributed by atoms with E-state index in [1.807, 2.05) is 24.8 Å². The predicted octanol–water partition coefficient (Wildman–Crippen LogP) is -0.320. The lowest BCUT2D eigenvalue weighted by atomic mass is 9.80. The molecule has 1 fully saturated rings. The number of carbonyl (C=O) groups excluding carboxylic acids is 2. The van der Waals surface area contributed by atoms with Gasteiger partial charge in [-0.3, -0.25) is 9.59 Å². The van der Waals surface area contributed by atoms with Gasteiger partial charge in [0, 0.05) is 30.5 Å². The van der Waals surface area contributed by atoms with Crippen molar-refractivity contribution in [2.45, 2.75) is 57.7 Å². The normalized spacial score (nSPS) is 20.2. The van der Waals surface area contributed by atoms with Crippen molar-refractivity contribution < 1.29 is 19.6 Å². The molecule has 0 spiro atoms. The minimum Gasteiger partial charge on any atom is -0.423 e. The Kier molecular flexibility index (Phi) is 11.1. The predicted molar refractivity (Wildman–Crippen MR) is 123 cm³/mol. The average molecular weight is 433 g/mol. The summed E-state index contributed by atoms with van der Waals surface area (Å²) in [6.45, 7) is 12.1. The van der Waals surface area contributed by atoms with Gasteiger partial charge in [-0.05, 0) is 57.2 Å². The minimum absolute atomic E-state index is 0.0381. The van der Waals surface area contributed by atoms with Crippen LogP contribution in [0.25, 0.3) is 0 Å². The summed E-state index contributed by atoms with van der Waals surface area (Å²) in [5.41, 5.74) is 12.6. The van der Waals surface area contributed by atoms with Gasteiger partial charge in [-0.25, -0.2) is 0 Å². The van der Waals surface area contributed by atoms with E-state index in [2.05, 4.69) is 23.8 Å². The molecule has 0 aromatic heterocycles. The van der Waals surface area contributed by atoms with Crippen molar-refractivity contribution in [2.75, 3.05) is 13.1 Å². The van der Waals surface area contributed by atoms with Crippen LogP contribution in [0.1, 0.15) is 39.5 Å². The second-order valence-corrected chi connectivity index (χ2v) is 7.86. The van der Waals surface area contributed by atoms with E-state index in [0.29, 0.717) is 38.8 Å². The molecule has 8 N–H and O–H groups in total. The van der Waals surface area contributed by atoms with Gasteiger partial charge in [0.25, 0.3) is 0 Å². The molecule has 1 rings (SSSR count). The van der Waals surface area contributed by atoms with Gasteiger partial charge in [0.2, 0.25) is 11.8 Å². The maximum absolute atomic E-state index is 12.9.